The molecule has 0 radical (unpaired) electrons. The highest BCUT2D eigenvalue weighted by Crippen LogP contribution is 2.30. The molecule has 1 fully saturated rings. The second kappa shape index (κ2) is 10.2. The Morgan fingerprint density at radius 2 is 2.09 bits per heavy atom. The molecule has 0 spiro atoms. The van der Waals surface area contributed by atoms with Gasteiger partial charge in [0.25, 0.3) is 5.89 Å². The van der Waals surface area contributed by atoms with Crippen molar-refractivity contribution >= 4 is 17.7 Å². The van der Waals surface area contributed by atoms with E-state index in [1.54, 1.807) is 31.2 Å². The van der Waals surface area contributed by atoms with Gasteiger partial charge in [0.2, 0.25) is 5.89 Å². The van der Waals surface area contributed by atoms with Crippen molar-refractivity contribution in [1.82, 2.24) is 15.2 Å². The van der Waals surface area contributed by atoms with E-state index in [0.717, 1.165) is 0 Å². The van der Waals surface area contributed by atoms with Crippen LogP contribution in [0.1, 0.15) is 19.7 Å². The maximum atomic E-state index is 15.0. The second-order valence-electron chi connectivity index (χ2n) is 8.56. The van der Waals surface area contributed by atoms with Crippen LogP contribution in [0, 0.1) is 24.6 Å². The van der Waals surface area contributed by atoms with Gasteiger partial charge in [-0.25, -0.2) is 9.18 Å². The van der Waals surface area contributed by atoms with Crippen LogP contribution in [0.25, 0.3) is 22.7 Å². The van der Waals surface area contributed by atoms with E-state index in [2.05, 4.69) is 15.2 Å². The normalized spacial score (nSPS) is 16.5. The molecule has 3 aromatic rings. The van der Waals surface area contributed by atoms with Crippen LogP contribution in [0.4, 0.5) is 14.9 Å². The molecule has 184 valence electrons. The standard InChI is InChI=1S/C24H26FN5O5/c1-13(2)19(9-26)23(31)33-12-17-11-30(24(32)35-17)16-5-6-18(20(25)8-16)15-4-7-21(27-10-15)22-29-28-14(3)34-22/h4-8,10,13,17,19H,9,11-12,26H2,1-3H3/t17-,19+/m1/s1. The minimum absolute atomic E-state index is 0.0334. The summed E-state index contributed by atoms with van der Waals surface area (Å²) >= 11 is 0. The van der Waals surface area contributed by atoms with Gasteiger partial charge in [0.1, 0.15) is 18.1 Å². The molecule has 1 aromatic carbocycles. The zero-order chi connectivity index (χ0) is 25.1. The summed E-state index contributed by atoms with van der Waals surface area (Å²) in [5, 5.41) is 7.68. The van der Waals surface area contributed by atoms with Crippen LogP contribution in [0.3, 0.4) is 0 Å². The molecule has 3 heterocycles. The first kappa shape index (κ1) is 24.3. The number of hydrogen-bond acceptors (Lipinski definition) is 9. The molecular formula is C24H26FN5O5. The third-order valence-corrected chi connectivity index (χ3v) is 5.73. The van der Waals surface area contributed by atoms with Crippen LogP contribution >= 0.6 is 0 Å². The van der Waals surface area contributed by atoms with E-state index in [4.69, 9.17) is 19.6 Å². The third-order valence-electron chi connectivity index (χ3n) is 5.73. The maximum Gasteiger partial charge on any atom is 0.414 e. The van der Waals surface area contributed by atoms with Crippen molar-refractivity contribution in [3.05, 3.63) is 48.2 Å². The molecule has 0 saturated carbocycles. The molecule has 2 aromatic heterocycles. The predicted molar refractivity (Wildman–Crippen MR) is 124 cm³/mol. The zero-order valence-electron chi connectivity index (χ0n) is 19.6. The summed E-state index contributed by atoms with van der Waals surface area (Å²) in [6, 6.07) is 7.79. The summed E-state index contributed by atoms with van der Waals surface area (Å²) in [6.45, 7) is 5.65. The predicted octanol–water partition coefficient (Wildman–Crippen LogP) is 3.35. The number of nitrogens with two attached hydrogens (primary N) is 1. The van der Waals surface area contributed by atoms with Gasteiger partial charge < -0.3 is 19.6 Å². The van der Waals surface area contributed by atoms with Gasteiger partial charge in [-0.1, -0.05) is 19.9 Å². The first-order valence-corrected chi connectivity index (χ1v) is 11.2. The summed E-state index contributed by atoms with van der Waals surface area (Å²) in [5.74, 6) is -0.656. The number of pyridine rings is 1. The lowest BCUT2D eigenvalue weighted by molar-refractivity contribution is -0.152. The molecule has 35 heavy (non-hydrogen) atoms. The molecule has 0 unspecified atom stereocenters. The number of esters is 1. The Kier molecular flexibility index (Phi) is 7.06. The van der Waals surface area contributed by atoms with Crippen LogP contribution in [0.15, 0.2) is 40.9 Å². The van der Waals surface area contributed by atoms with E-state index in [-0.39, 0.29) is 31.5 Å². The summed E-state index contributed by atoms with van der Waals surface area (Å²) < 4.78 is 30.9. The molecule has 1 aliphatic rings. The average Bonchev–Trinajstić information content (AvgIpc) is 3.43. The number of amides is 1. The lowest BCUT2D eigenvalue weighted by Gasteiger charge is -2.18. The minimum Gasteiger partial charge on any atom is -0.461 e. The number of carbonyl (C=O) groups excluding carboxylic acids is 2. The maximum absolute atomic E-state index is 15.0. The number of aromatic nitrogens is 3. The quantitative estimate of drug-likeness (QED) is 0.479. The largest absolute Gasteiger partial charge is 0.461 e. The van der Waals surface area contributed by atoms with Crippen molar-refractivity contribution in [2.24, 2.45) is 17.6 Å². The Morgan fingerprint density at radius 3 is 2.69 bits per heavy atom. The molecule has 2 atom stereocenters. The number of ether oxygens (including phenoxy) is 2. The molecule has 11 heteroatoms. The number of anilines is 1. The summed E-state index contributed by atoms with van der Waals surface area (Å²) in [6.07, 6.45) is 0.205. The number of benzene rings is 1. The van der Waals surface area contributed by atoms with Gasteiger partial charge in [-0.05, 0) is 30.2 Å². The molecular weight excluding hydrogens is 457 g/mol. The number of halogens is 1. The van der Waals surface area contributed by atoms with E-state index < -0.39 is 29.9 Å². The number of rotatable bonds is 8. The molecule has 4 rings (SSSR count). The summed E-state index contributed by atoms with van der Waals surface area (Å²) in [4.78, 5) is 30.1. The lowest BCUT2D eigenvalue weighted by atomic mass is 9.96. The molecule has 10 nitrogen and oxygen atoms in total. The zero-order valence-corrected chi connectivity index (χ0v) is 19.6. The van der Waals surface area contributed by atoms with Gasteiger partial charge in [0.05, 0.1) is 18.2 Å². The van der Waals surface area contributed by atoms with E-state index in [0.29, 0.717) is 28.4 Å². The van der Waals surface area contributed by atoms with Crippen LogP contribution in [0.2, 0.25) is 0 Å². The molecule has 1 amide bonds. The Balaban J connectivity index is 1.42. The Hall–Kier alpha value is -3.86. The Labute approximate surface area is 201 Å². The van der Waals surface area contributed by atoms with Gasteiger partial charge in [0.15, 0.2) is 6.10 Å². The monoisotopic (exact) mass is 483 g/mol. The molecule has 0 aliphatic carbocycles. The first-order valence-electron chi connectivity index (χ1n) is 11.2. The SMILES string of the molecule is Cc1nnc(-c2ccc(-c3ccc(N4C[C@H](COC(=O)[C@@H](CN)C(C)C)OC4=O)cc3F)cn2)o1. The Morgan fingerprint density at radius 1 is 1.29 bits per heavy atom. The minimum atomic E-state index is -0.662. The highest BCUT2D eigenvalue weighted by atomic mass is 19.1. The summed E-state index contributed by atoms with van der Waals surface area (Å²) in [5.41, 5.74) is 7.30. The number of cyclic esters (lactones) is 1. The smallest absolute Gasteiger partial charge is 0.414 e. The van der Waals surface area contributed by atoms with Crippen LogP contribution in [-0.2, 0) is 14.3 Å². The van der Waals surface area contributed by atoms with Crippen LogP contribution < -0.4 is 10.6 Å². The number of carbonyl (C=O) groups is 2. The van der Waals surface area contributed by atoms with Crippen LogP contribution in [0.5, 0.6) is 0 Å². The fourth-order valence-corrected chi connectivity index (χ4v) is 3.73. The fraction of sp³-hybridized carbons (Fsp3) is 0.375. The van der Waals surface area contributed by atoms with Gasteiger partial charge in [-0.15, -0.1) is 10.2 Å². The highest BCUT2D eigenvalue weighted by molar-refractivity contribution is 5.90. The van der Waals surface area contributed by atoms with Crippen molar-refractivity contribution in [1.29, 1.82) is 0 Å². The van der Waals surface area contributed by atoms with E-state index in [1.807, 2.05) is 13.8 Å². The van der Waals surface area contributed by atoms with Crippen molar-refractivity contribution in [3.8, 4) is 22.7 Å². The lowest BCUT2D eigenvalue weighted by Crippen LogP contribution is -2.33. The van der Waals surface area contributed by atoms with Crippen molar-refractivity contribution in [2.45, 2.75) is 26.9 Å². The molecule has 1 saturated heterocycles. The topological polar surface area (TPSA) is 134 Å². The first-order chi connectivity index (χ1) is 16.8. The molecule has 1 aliphatic heterocycles. The Bertz CT molecular complexity index is 1210. The van der Waals surface area contributed by atoms with Gasteiger partial charge in [-0.2, -0.15) is 0 Å². The van der Waals surface area contributed by atoms with E-state index in [9.17, 15) is 14.0 Å². The highest BCUT2D eigenvalue weighted by Gasteiger charge is 2.34. The number of aryl methyl sites for hydroxylation is 1. The fourth-order valence-electron chi connectivity index (χ4n) is 3.73. The van der Waals surface area contributed by atoms with E-state index in [1.165, 1.54) is 17.2 Å². The van der Waals surface area contributed by atoms with Gasteiger partial charge in [-0.3, -0.25) is 14.7 Å². The van der Waals surface area contributed by atoms with Gasteiger partial charge in [0, 0.05) is 30.8 Å². The third kappa shape index (κ3) is 5.29. The molecule has 2 N–H and O–H groups in total. The van der Waals surface area contributed by atoms with Crippen molar-refractivity contribution in [3.63, 3.8) is 0 Å². The number of hydrogen-bond donors (Lipinski definition) is 1. The average molecular weight is 484 g/mol. The van der Waals surface area contributed by atoms with Crippen molar-refractivity contribution in [2.75, 3.05) is 24.6 Å². The van der Waals surface area contributed by atoms with E-state index >= 15 is 0 Å². The van der Waals surface area contributed by atoms with Crippen LogP contribution in [-0.4, -0.2) is 53.0 Å². The van der Waals surface area contributed by atoms with Crippen molar-refractivity contribution < 1.29 is 27.9 Å². The number of nitrogens with zero attached hydrogens (tertiary/aromatic N) is 4. The molecule has 0 bridgehead atoms. The van der Waals surface area contributed by atoms with Gasteiger partial charge >= 0.3 is 12.1 Å². The second-order valence-corrected chi connectivity index (χ2v) is 8.56. The summed E-state index contributed by atoms with van der Waals surface area (Å²) in [7, 11) is 0.